The second-order valence-electron chi connectivity index (χ2n) is 6.48. The molecule has 0 spiro atoms. The van der Waals surface area contributed by atoms with Gasteiger partial charge >= 0.3 is 0 Å². The zero-order chi connectivity index (χ0) is 15.1. The monoisotopic (exact) mass is 290 g/mol. The summed E-state index contributed by atoms with van der Waals surface area (Å²) in [5.41, 5.74) is 1.58. The Morgan fingerprint density at radius 3 is 2.71 bits per heavy atom. The number of nitrogens with one attached hydrogen (secondary N) is 1. The van der Waals surface area contributed by atoms with Crippen molar-refractivity contribution in [2.24, 2.45) is 0 Å². The van der Waals surface area contributed by atoms with Crippen LogP contribution in [0.15, 0.2) is 30.3 Å². The Hall–Kier alpha value is -0.900. The molecule has 1 aliphatic rings. The van der Waals surface area contributed by atoms with Crippen molar-refractivity contribution in [3.8, 4) is 0 Å². The summed E-state index contributed by atoms with van der Waals surface area (Å²) >= 11 is 0. The highest BCUT2D eigenvalue weighted by atomic mass is 16.5. The summed E-state index contributed by atoms with van der Waals surface area (Å²) in [5.74, 6) is 0. The summed E-state index contributed by atoms with van der Waals surface area (Å²) in [6.07, 6.45) is 2.75. The molecule has 3 nitrogen and oxygen atoms in total. The Labute approximate surface area is 129 Å². The van der Waals surface area contributed by atoms with Crippen molar-refractivity contribution in [3.63, 3.8) is 0 Å². The third-order valence-corrected chi connectivity index (χ3v) is 4.55. The van der Waals surface area contributed by atoms with E-state index in [-0.39, 0.29) is 5.41 Å². The van der Waals surface area contributed by atoms with E-state index in [0.29, 0.717) is 6.10 Å². The van der Waals surface area contributed by atoms with E-state index in [4.69, 9.17) is 4.74 Å². The molecular weight excluding hydrogens is 260 g/mol. The molecule has 1 N–H and O–H groups in total. The highest BCUT2D eigenvalue weighted by molar-refractivity contribution is 5.25. The van der Waals surface area contributed by atoms with Crippen molar-refractivity contribution in [1.29, 1.82) is 0 Å². The van der Waals surface area contributed by atoms with E-state index in [1.54, 1.807) is 0 Å². The molecule has 1 aromatic rings. The molecule has 0 bridgehead atoms. The van der Waals surface area contributed by atoms with Crippen LogP contribution < -0.4 is 5.32 Å². The van der Waals surface area contributed by atoms with Gasteiger partial charge in [0.2, 0.25) is 0 Å². The van der Waals surface area contributed by atoms with Crippen LogP contribution in [0.3, 0.4) is 0 Å². The Morgan fingerprint density at radius 2 is 2.10 bits per heavy atom. The molecule has 1 aromatic carbocycles. The van der Waals surface area contributed by atoms with Gasteiger partial charge in [-0.25, -0.2) is 0 Å². The van der Waals surface area contributed by atoms with Gasteiger partial charge in [-0.05, 0) is 24.9 Å². The van der Waals surface area contributed by atoms with Crippen molar-refractivity contribution < 1.29 is 4.74 Å². The lowest BCUT2D eigenvalue weighted by Crippen LogP contribution is -2.45. The summed E-state index contributed by atoms with van der Waals surface area (Å²) in [5, 5.41) is 3.62. The van der Waals surface area contributed by atoms with Gasteiger partial charge in [0.1, 0.15) is 0 Å². The fourth-order valence-electron chi connectivity index (χ4n) is 3.26. The van der Waals surface area contributed by atoms with Gasteiger partial charge in [0.15, 0.2) is 0 Å². The number of rotatable bonds is 8. The Balaban J connectivity index is 2.05. The van der Waals surface area contributed by atoms with Crippen molar-refractivity contribution >= 4 is 0 Å². The minimum atomic E-state index is 0.152. The van der Waals surface area contributed by atoms with Crippen LogP contribution in [0.4, 0.5) is 0 Å². The first kappa shape index (κ1) is 16.5. The molecule has 0 saturated carbocycles. The van der Waals surface area contributed by atoms with E-state index >= 15 is 0 Å². The highest BCUT2D eigenvalue weighted by Crippen LogP contribution is 2.26. The van der Waals surface area contributed by atoms with Crippen LogP contribution in [0.25, 0.3) is 0 Å². The molecule has 0 radical (unpaired) electrons. The fourth-order valence-corrected chi connectivity index (χ4v) is 3.26. The Morgan fingerprint density at radius 1 is 1.33 bits per heavy atom. The second kappa shape index (κ2) is 7.92. The smallest absolute Gasteiger partial charge is 0.0710 e. The average Bonchev–Trinajstić information content (AvgIpc) is 2.96. The molecule has 118 valence electrons. The van der Waals surface area contributed by atoms with Crippen LogP contribution in [0.5, 0.6) is 0 Å². The molecule has 0 aliphatic carbocycles. The van der Waals surface area contributed by atoms with Gasteiger partial charge < -0.3 is 10.1 Å². The number of likely N-dealkylation sites (tertiary alicyclic amines) is 1. The number of methoxy groups -OCH3 is 1. The lowest BCUT2D eigenvalue weighted by Gasteiger charge is -2.35. The number of hydrogen-bond donors (Lipinski definition) is 1. The largest absolute Gasteiger partial charge is 0.380 e. The normalized spacial score (nSPS) is 22.3. The predicted molar refractivity (Wildman–Crippen MR) is 88.8 cm³/mol. The van der Waals surface area contributed by atoms with Crippen molar-refractivity contribution in [2.75, 3.05) is 39.8 Å². The molecule has 3 heteroatoms. The third kappa shape index (κ3) is 4.53. The highest BCUT2D eigenvalue weighted by Gasteiger charge is 2.32. The van der Waals surface area contributed by atoms with E-state index in [0.717, 1.165) is 39.1 Å². The topological polar surface area (TPSA) is 24.5 Å². The predicted octanol–water partition coefficient (Wildman–Crippen LogP) is 2.66. The number of ether oxygens (including phenoxy) is 1. The van der Waals surface area contributed by atoms with E-state index in [1.165, 1.54) is 12.0 Å². The molecule has 1 saturated heterocycles. The average molecular weight is 290 g/mol. The zero-order valence-corrected chi connectivity index (χ0v) is 13.8. The second-order valence-corrected chi connectivity index (χ2v) is 6.48. The lowest BCUT2D eigenvalue weighted by atomic mass is 9.81. The summed E-state index contributed by atoms with van der Waals surface area (Å²) < 4.78 is 5.50. The lowest BCUT2D eigenvalue weighted by molar-refractivity contribution is 0.104. The molecule has 21 heavy (non-hydrogen) atoms. The minimum absolute atomic E-state index is 0.152. The summed E-state index contributed by atoms with van der Waals surface area (Å²) in [4.78, 5) is 2.55. The molecule has 0 aromatic heterocycles. The van der Waals surface area contributed by atoms with Crippen LogP contribution in [0, 0.1) is 0 Å². The maximum Gasteiger partial charge on any atom is 0.0710 e. The number of nitrogens with zero attached hydrogens (tertiary/aromatic N) is 1. The minimum Gasteiger partial charge on any atom is -0.380 e. The van der Waals surface area contributed by atoms with Gasteiger partial charge in [-0.2, -0.15) is 0 Å². The molecule has 2 atom stereocenters. The van der Waals surface area contributed by atoms with Crippen molar-refractivity contribution in [1.82, 2.24) is 10.2 Å². The van der Waals surface area contributed by atoms with Crippen LogP contribution in [-0.4, -0.2) is 50.8 Å². The quantitative estimate of drug-likeness (QED) is 0.745. The summed E-state index contributed by atoms with van der Waals surface area (Å²) in [6, 6.07) is 10.9. The van der Waals surface area contributed by atoms with Crippen LogP contribution in [-0.2, 0) is 10.2 Å². The first-order valence-corrected chi connectivity index (χ1v) is 8.19. The van der Waals surface area contributed by atoms with E-state index in [1.807, 2.05) is 7.11 Å². The van der Waals surface area contributed by atoms with Gasteiger partial charge in [-0.1, -0.05) is 44.2 Å². The number of hydrogen-bond acceptors (Lipinski definition) is 3. The number of benzene rings is 1. The first-order chi connectivity index (χ1) is 10.2. The van der Waals surface area contributed by atoms with Gasteiger partial charge in [-0.15, -0.1) is 0 Å². The molecular formula is C18H30N2O. The molecule has 2 rings (SSSR count). The van der Waals surface area contributed by atoms with Crippen molar-refractivity contribution in [3.05, 3.63) is 35.9 Å². The van der Waals surface area contributed by atoms with Crippen molar-refractivity contribution in [2.45, 2.75) is 38.2 Å². The van der Waals surface area contributed by atoms with Gasteiger partial charge in [0.05, 0.1) is 6.10 Å². The molecule has 1 fully saturated rings. The maximum atomic E-state index is 5.50. The fraction of sp³-hybridized carbons (Fsp3) is 0.667. The zero-order valence-electron chi connectivity index (χ0n) is 13.8. The first-order valence-electron chi connectivity index (χ1n) is 8.19. The molecule has 1 aliphatic heterocycles. The van der Waals surface area contributed by atoms with Crippen LogP contribution >= 0.6 is 0 Å². The van der Waals surface area contributed by atoms with E-state index in [2.05, 4.69) is 54.4 Å². The van der Waals surface area contributed by atoms with E-state index in [9.17, 15) is 0 Å². The van der Waals surface area contributed by atoms with Crippen LogP contribution in [0.1, 0.15) is 32.3 Å². The molecule has 0 amide bonds. The standard InChI is InChI=1S/C18H30N2O/c1-4-11-19-14-18(2,16-8-6-5-7-9-16)15-20-12-10-17(13-20)21-3/h5-9,17,19H,4,10-15H2,1-3H3. The van der Waals surface area contributed by atoms with Gasteiger partial charge in [-0.3, -0.25) is 4.90 Å². The van der Waals surface area contributed by atoms with Gasteiger partial charge in [0.25, 0.3) is 0 Å². The maximum absolute atomic E-state index is 5.50. The Bertz CT molecular complexity index is 409. The molecule has 2 unspecified atom stereocenters. The van der Waals surface area contributed by atoms with Crippen LogP contribution in [0.2, 0.25) is 0 Å². The third-order valence-electron chi connectivity index (χ3n) is 4.55. The SMILES string of the molecule is CCCNCC(C)(CN1CCC(OC)C1)c1ccccc1. The summed E-state index contributed by atoms with van der Waals surface area (Å²) in [6.45, 7) is 10.0. The molecule has 1 heterocycles. The summed E-state index contributed by atoms with van der Waals surface area (Å²) in [7, 11) is 1.83. The van der Waals surface area contributed by atoms with E-state index < -0.39 is 0 Å². The Kier molecular flexibility index (Phi) is 6.22. The van der Waals surface area contributed by atoms with Gasteiger partial charge in [0, 0.05) is 38.7 Å².